The molecule has 2 amide bonds. The van der Waals surface area contributed by atoms with Crippen LogP contribution >= 0.6 is 0 Å². The van der Waals surface area contributed by atoms with Crippen molar-refractivity contribution in [2.45, 2.75) is 39.7 Å². The molecule has 0 heterocycles. The van der Waals surface area contributed by atoms with Gasteiger partial charge in [-0.25, -0.2) is 4.79 Å². The van der Waals surface area contributed by atoms with Crippen LogP contribution in [-0.2, 0) is 6.42 Å². The second kappa shape index (κ2) is 7.79. The third-order valence-corrected chi connectivity index (χ3v) is 3.18. The van der Waals surface area contributed by atoms with Crippen LogP contribution in [0.2, 0.25) is 0 Å². The summed E-state index contributed by atoms with van der Waals surface area (Å²) in [5.74, 6) is 0.292. The maximum atomic E-state index is 11.9. The molecule has 4 heteroatoms. The smallest absolute Gasteiger partial charge is 0.319 e. The van der Waals surface area contributed by atoms with Crippen LogP contribution in [0.15, 0.2) is 24.3 Å². The molecule has 0 aliphatic rings. The quantitative estimate of drug-likeness (QED) is 0.740. The van der Waals surface area contributed by atoms with Gasteiger partial charge in [0.1, 0.15) is 0 Å². The van der Waals surface area contributed by atoms with E-state index in [1.807, 2.05) is 38.1 Å². The summed E-state index contributed by atoms with van der Waals surface area (Å²) in [5.41, 5.74) is 2.02. The molecule has 1 aromatic rings. The van der Waals surface area contributed by atoms with Crippen LogP contribution in [0.4, 0.5) is 10.5 Å². The Morgan fingerprint density at radius 1 is 1.26 bits per heavy atom. The highest BCUT2D eigenvalue weighted by molar-refractivity contribution is 5.89. The second-order valence-corrected chi connectivity index (χ2v) is 5.01. The average molecular weight is 264 g/mol. The molecule has 4 nitrogen and oxygen atoms in total. The van der Waals surface area contributed by atoms with Crippen molar-refractivity contribution in [1.29, 1.82) is 0 Å². The van der Waals surface area contributed by atoms with Gasteiger partial charge in [-0.3, -0.25) is 0 Å². The van der Waals surface area contributed by atoms with Gasteiger partial charge in [0, 0.05) is 18.3 Å². The van der Waals surface area contributed by atoms with Crippen LogP contribution < -0.4 is 10.6 Å². The molecule has 0 unspecified atom stereocenters. The molecule has 0 aliphatic carbocycles. The van der Waals surface area contributed by atoms with E-state index in [4.69, 9.17) is 5.11 Å². The number of aliphatic hydroxyl groups is 1. The predicted molar refractivity (Wildman–Crippen MR) is 78.3 cm³/mol. The fraction of sp³-hybridized carbons (Fsp3) is 0.533. The Morgan fingerprint density at radius 2 is 1.89 bits per heavy atom. The summed E-state index contributed by atoms with van der Waals surface area (Å²) in [6, 6.07) is 7.56. The van der Waals surface area contributed by atoms with Crippen molar-refractivity contribution in [3.63, 3.8) is 0 Å². The van der Waals surface area contributed by atoms with Gasteiger partial charge in [0.05, 0.1) is 0 Å². The zero-order valence-electron chi connectivity index (χ0n) is 11.9. The first-order chi connectivity index (χ1) is 9.06. The fourth-order valence-corrected chi connectivity index (χ4v) is 1.87. The minimum Gasteiger partial charge on any atom is -0.396 e. The molecule has 0 aliphatic heterocycles. The molecule has 0 aromatic heterocycles. The lowest BCUT2D eigenvalue weighted by Crippen LogP contribution is -2.41. The first kappa shape index (κ1) is 15.5. The summed E-state index contributed by atoms with van der Waals surface area (Å²) in [6.07, 6.45) is 1.55. The lowest BCUT2D eigenvalue weighted by atomic mass is 10.0. The van der Waals surface area contributed by atoms with E-state index in [0.717, 1.165) is 12.1 Å². The molecule has 0 fully saturated rings. The molecule has 106 valence electrons. The highest BCUT2D eigenvalue weighted by Gasteiger charge is 2.15. The van der Waals surface area contributed by atoms with Gasteiger partial charge in [0.15, 0.2) is 0 Å². The summed E-state index contributed by atoms with van der Waals surface area (Å²) in [7, 11) is 0. The Labute approximate surface area is 115 Å². The number of anilines is 1. The van der Waals surface area contributed by atoms with Gasteiger partial charge in [-0.2, -0.15) is 0 Å². The second-order valence-electron chi connectivity index (χ2n) is 5.01. The van der Waals surface area contributed by atoms with Gasteiger partial charge >= 0.3 is 6.03 Å². The van der Waals surface area contributed by atoms with E-state index in [1.165, 1.54) is 5.56 Å². The van der Waals surface area contributed by atoms with Gasteiger partial charge in [-0.05, 0) is 36.5 Å². The Kier molecular flexibility index (Phi) is 6.36. The lowest BCUT2D eigenvalue weighted by Gasteiger charge is -2.21. The number of benzene rings is 1. The number of rotatable bonds is 6. The van der Waals surface area contributed by atoms with Crippen LogP contribution in [-0.4, -0.2) is 23.8 Å². The summed E-state index contributed by atoms with van der Waals surface area (Å²) >= 11 is 0. The van der Waals surface area contributed by atoms with E-state index in [1.54, 1.807) is 0 Å². The third kappa shape index (κ3) is 5.30. The van der Waals surface area contributed by atoms with Crippen LogP contribution in [0.25, 0.3) is 0 Å². The van der Waals surface area contributed by atoms with E-state index in [0.29, 0.717) is 12.3 Å². The molecule has 0 saturated carbocycles. The van der Waals surface area contributed by atoms with Crippen LogP contribution in [0.5, 0.6) is 0 Å². The van der Waals surface area contributed by atoms with Gasteiger partial charge < -0.3 is 15.7 Å². The summed E-state index contributed by atoms with van der Waals surface area (Å²) in [4.78, 5) is 11.9. The van der Waals surface area contributed by atoms with Gasteiger partial charge in [-0.1, -0.05) is 32.9 Å². The van der Waals surface area contributed by atoms with E-state index < -0.39 is 0 Å². The minimum absolute atomic E-state index is 0.0140. The zero-order chi connectivity index (χ0) is 14.3. The zero-order valence-corrected chi connectivity index (χ0v) is 11.9. The van der Waals surface area contributed by atoms with E-state index >= 15 is 0 Å². The van der Waals surface area contributed by atoms with Crippen molar-refractivity contribution in [3.8, 4) is 0 Å². The number of amides is 2. The topological polar surface area (TPSA) is 61.4 Å². The number of nitrogens with one attached hydrogen (secondary N) is 2. The SMILES string of the molecule is CCc1ccc(NC(=O)N[C@H](CCO)C(C)C)cc1. The molecule has 0 spiro atoms. The molecule has 1 rings (SSSR count). The number of hydrogen-bond donors (Lipinski definition) is 3. The number of aliphatic hydroxyl groups excluding tert-OH is 1. The predicted octanol–water partition coefficient (Wildman–Crippen LogP) is 2.78. The highest BCUT2D eigenvalue weighted by atomic mass is 16.3. The number of carbonyl (C=O) groups is 1. The number of hydrogen-bond acceptors (Lipinski definition) is 2. The molecule has 0 saturated heterocycles. The summed E-state index contributed by atoms with van der Waals surface area (Å²) in [6.45, 7) is 6.22. The fourth-order valence-electron chi connectivity index (χ4n) is 1.87. The average Bonchev–Trinajstić information content (AvgIpc) is 2.39. The summed E-state index contributed by atoms with van der Waals surface area (Å²) in [5, 5.41) is 14.7. The minimum atomic E-state index is -0.226. The summed E-state index contributed by atoms with van der Waals surface area (Å²) < 4.78 is 0. The molecule has 19 heavy (non-hydrogen) atoms. The third-order valence-electron chi connectivity index (χ3n) is 3.18. The standard InChI is InChI=1S/C15H24N2O2/c1-4-12-5-7-13(8-6-12)16-15(19)17-14(9-10-18)11(2)3/h5-8,11,14,18H,4,9-10H2,1-3H3,(H2,16,17,19)/t14-/m1/s1. The van der Waals surface area contributed by atoms with Crippen LogP contribution in [0, 0.1) is 5.92 Å². The van der Waals surface area contributed by atoms with Gasteiger partial charge in [0.25, 0.3) is 0 Å². The van der Waals surface area contributed by atoms with Crippen molar-refractivity contribution in [2.75, 3.05) is 11.9 Å². The largest absolute Gasteiger partial charge is 0.396 e. The van der Waals surface area contributed by atoms with Crippen molar-refractivity contribution < 1.29 is 9.90 Å². The Hall–Kier alpha value is -1.55. The number of carbonyl (C=O) groups excluding carboxylic acids is 1. The van der Waals surface area contributed by atoms with Gasteiger partial charge in [0.2, 0.25) is 0 Å². The molecular formula is C15H24N2O2. The van der Waals surface area contributed by atoms with Crippen molar-refractivity contribution >= 4 is 11.7 Å². The number of urea groups is 1. The van der Waals surface area contributed by atoms with E-state index in [-0.39, 0.29) is 18.7 Å². The molecule has 3 N–H and O–H groups in total. The maximum Gasteiger partial charge on any atom is 0.319 e. The van der Waals surface area contributed by atoms with Crippen molar-refractivity contribution in [2.24, 2.45) is 5.92 Å². The first-order valence-corrected chi connectivity index (χ1v) is 6.84. The van der Waals surface area contributed by atoms with Crippen LogP contribution in [0.3, 0.4) is 0 Å². The molecular weight excluding hydrogens is 240 g/mol. The van der Waals surface area contributed by atoms with Crippen LogP contribution in [0.1, 0.15) is 32.8 Å². The molecule has 0 radical (unpaired) electrons. The molecule has 0 bridgehead atoms. The Bertz CT molecular complexity index is 388. The number of aryl methyl sites for hydroxylation is 1. The Balaban J connectivity index is 2.53. The van der Waals surface area contributed by atoms with E-state index in [2.05, 4.69) is 17.6 Å². The van der Waals surface area contributed by atoms with Crippen molar-refractivity contribution in [1.82, 2.24) is 5.32 Å². The van der Waals surface area contributed by atoms with Gasteiger partial charge in [-0.15, -0.1) is 0 Å². The molecule has 1 aromatic carbocycles. The maximum absolute atomic E-state index is 11.9. The Morgan fingerprint density at radius 3 is 2.37 bits per heavy atom. The van der Waals surface area contributed by atoms with Crippen molar-refractivity contribution in [3.05, 3.63) is 29.8 Å². The monoisotopic (exact) mass is 264 g/mol. The lowest BCUT2D eigenvalue weighted by molar-refractivity contribution is 0.227. The normalized spacial score (nSPS) is 12.3. The molecule has 1 atom stereocenters. The highest BCUT2D eigenvalue weighted by Crippen LogP contribution is 2.11. The van der Waals surface area contributed by atoms with E-state index in [9.17, 15) is 4.79 Å². The first-order valence-electron chi connectivity index (χ1n) is 6.84.